The summed E-state index contributed by atoms with van der Waals surface area (Å²) in [5, 5.41) is 0. The quantitative estimate of drug-likeness (QED) is 0.499. The highest BCUT2D eigenvalue weighted by atomic mass is 16.5. The van der Waals surface area contributed by atoms with E-state index in [0.29, 0.717) is 0 Å². The molecule has 2 heteroatoms. The Hall–Kier alpha value is -1.05. The molecule has 0 bridgehead atoms. The van der Waals surface area contributed by atoms with Crippen molar-refractivity contribution in [1.29, 1.82) is 0 Å². The lowest BCUT2D eigenvalue weighted by Gasteiger charge is -2.38. The van der Waals surface area contributed by atoms with E-state index in [0.717, 1.165) is 18.4 Å². The topological polar surface area (TPSA) is 26.3 Å². The van der Waals surface area contributed by atoms with E-state index < -0.39 is 0 Å². The van der Waals surface area contributed by atoms with Gasteiger partial charge in [0.1, 0.15) is 6.10 Å². The van der Waals surface area contributed by atoms with Gasteiger partial charge in [-0.3, -0.25) is 4.79 Å². The summed E-state index contributed by atoms with van der Waals surface area (Å²) in [6.45, 7) is 9.53. The summed E-state index contributed by atoms with van der Waals surface area (Å²) in [7, 11) is 0. The van der Waals surface area contributed by atoms with Gasteiger partial charge >= 0.3 is 5.97 Å². The van der Waals surface area contributed by atoms with Crippen molar-refractivity contribution in [2.45, 2.75) is 39.7 Å². The van der Waals surface area contributed by atoms with E-state index in [1.807, 2.05) is 13.0 Å². The van der Waals surface area contributed by atoms with Gasteiger partial charge in [-0.05, 0) is 25.8 Å². The zero-order chi connectivity index (χ0) is 10.8. The number of hydrogen-bond acceptors (Lipinski definition) is 2. The second kappa shape index (κ2) is 3.99. The van der Waals surface area contributed by atoms with Crippen LogP contribution in [0.5, 0.6) is 0 Å². The van der Waals surface area contributed by atoms with Crippen LogP contribution in [0, 0.1) is 5.41 Å². The van der Waals surface area contributed by atoms with Gasteiger partial charge in [-0.15, -0.1) is 0 Å². The van der Waals surface area contributed by atoms with E-state index in [4.69, 9.17) is 4.74 Å². The third-order valence-electron chi connectivity index (χ3n) is 3.04. The standard InChI is InChI=1S/C12H18O2/c1-9(2)12(4)8-6-5-7-11(12)14-10(3)13/h5,7,11H,1,6,8H2,2-4H3/t11-,12+/m0/s1. The molecule has 0 spiro atoms. The summed E-state index contributed by atoms with van der Waals surface area (Å²) in [6, 6.07) is 0. The van der Waals surface area contributed by atoms with Crippen molar-refractivity contribution in [2.24, 2.45) is 5.41 Å². The maximum absolute atomic E-state index is 10.9. The van der Waals surface area contributed by atoms with Crippen LogP contribution in [0.25, 0.3) is 0 Å². The summed E-state index contributed by atoms with van der Waals surface area (Å²) >= 11 is 0. The summed E-state index contributed by atoms with van der Waals surface area (Å²) in [5.41, 5.74) is 0.980. The zero-order valence-electron chi connectivity index (χ0n) is 9.17. The fourth-order valence-corrected chi connectivity index (χ4v) is 1.76. The Kier molecular flexibility index (Phi) is 3.14. The molecule has 0 saturated carbocycles. The molecule has 2 nitrogen and oxygen atoms in total. The Morgan fingerprint density at radius 1 is 1.57 bits per heavy atom. The molecule has 78 valence electrons. The van der Waals surface area contributed by atoms with Gasteiger partial charge in [0.25, 0.3) is 0 Å². The summed E-state index contributed by atoms with van der Waals surface area (Å²) in [6.07, 6.45) is 5.92. The van der Waals surface area contributed by atoms with Crippen molar-refractivity contribution in [3.8, 4) is 0 Å². The van der Waals surface area contributed by atoms with Crippen molar-refractivity contribution in [2.75, 3.05) is 0 Å². The number of ether oxygens (including phenoxy) is 1. The monoisotopic (exact) mass is 194 g/mol. The molecule has 0 fully saturated rings. The van der Waals surface area contributed by atoms with Crippen molar-refractivity contribution in [3.05, 3.63) is 24.3 Å². The van der Waals surface area contributed by atoms with E-state index in [1.165, 1.54) is 6.92 Å². The number of carbonyl (C=O) groups is 1. The first kappa shape index (κ1) is 11.0. The Morgan fingerprint density at radius 2 is 2.21 bits per heavy atom. The van der Waals surface area contributed by atoms with Gasteiger partial charge in [0, 0.05) is 12.3 Å². The van der Waals surface area contributed by atoms with Gasteiger partial charge < -0.3 is 4.74 Å². The van der Waals surface area contributed by atoms with Gasteiger partial charge in [-0.2, -0.15) is 0 Å². The molecule has 0 radical (unpaired) electrons. The van der Waals surface area contributed by atoms with Crippen LogP contribution in [-0.2, 0) is 9.53 Å². The molecule has 14 heavy (non-hydrogen) atoms. The Balaban J connectivity index is 2.87. The highest BCUT2D eigenvalue weighted by Gasteiger charge is 2.37. The fraction of sp³-hybridized carbons (Fsp3) is 0.583. The lowest BCUT2D eigenvalue weighted by Crippen LogP contribution is -2.37. The van der Waals surface area contributed by atoms with Crippen molar-refractivity contribution < 1.29 is 9.53 Å². The van der Waals surface area contributed by atoms with Gasteiger partial charge in [0.2, 0.25) is 0 Å². The van der Waals surface area contributed by atoms with Crippen LogP contribution in [0.3, 0.4) is 0 Å². The molecule has 0 unspecified atom stereocenters. The number of hydrogen-bond donors (Lipinski definition) is 0. The lowest BCUT2D eigenvalue weighted by atomic mass is 9.72. The van der Waals surface area contributed by atoms with Crippen LogP contribution in [0.4, 0.5) is 0 Å². The van der Waals surface area contributed by atoms with Crippen LogP contribution in [-0.4, -0.2) is 12.1 Å². The molecule has 0 saturated heterocycles. The minimum atomic E-state index is -0.228. The van der Waals surface area contributed by atoms with Crippen molar-refractivity contribution >= 4 is 5.97 Å². The van der Waals surface area contributed by atoms with Crippen LogP contribution >= 0.6 is 0 Å². The third kappa shape index (κ3) is 2.06. The van der Waals surface area contributed by atoms with E-state index in [-0.39, 0.29) is 17.5 Å². The molecule has 2 atom stereocenters. The van der Waals surface area contributed by atoms with Gasteiger partial charge in [0.05, 0.1) is 0 Å². The molecule has 0 heterocycles. The van der Waals surface area contributed by atoms with E-state index in [1.54, 1.807) is 0 Å². The van der Waals surface area contributed by atoms with Gasteiger partial charge in [-0.25, -0.2) is 0 Å². The second-order valence-electron chi connectivity index (χ2n) is 4.19. The summed E-state index contributed by atoms with van der Waals surface area (Å²) in [5.74, 6) is -0.228. The van der Waals surface area contributed by atoms with Crippen LogP contribution in [0.2, 0.25) is 0 Å². The van der Waals surface area contributed by atoms with Gasteiger partial charge in [-0.1, -0.05) is 25.2 Å². The second-order valence-corrected chi connectivity index (χ2v) is 4.19. The number of rotatable bonds is 2. The van der Waals surface area contributed by atoms with E-state index >= 15 is 0 Å². The zero-order valence-corrected chi connectivity index (χ0v) is 9.17. The molecule has 1 aliphatic carbocycles. The molecular formula is C12H18O2. The van der Waals surface area contributed by atoms with E-state index in [2.05, 4.69) is 19.6 Å². The normalized spacial score (nSPS) is 31.2. The number of esters is 1. The molecule has 0 aromatic carbocycles. The molecule has 0 aromatic rings. The maximum Gasteiger partial charge on any atom is 0.303 e. The minimum Gasteiger partial charge on any atom is -0.457 e. The first-order valence-electron chi connectivity index (χ1n) is 4.96. The Labute approximate surface area is 85.6 Å². The van der Waals surface area contributed by atoms with E-state index in [9.17, 15) is 4.79 Å². The molecule has 1 rings (SSSR count). The predicted molar refractivity (Wildman–Crippen MR) is 56.8 cm³/mol. The largest absolute Gasteiger partial charge is 0.457 e. The average molecular weight is 194 g/mol. The van der Waals surface area contributed by atoms with Crippen molar-refractivity contribution in [1.82, 2.24) is 0 Å². The molecule has 0 N–H and O–H groups in total. The highest BCUT2D eigenvalue weighted by molar-refractivity contribution is 5.66. The smallest absolute Gasteiger partial charge is 0.303 e. The molecule has 0 amide bonds. The summed E-state index contributed by atoms with van der Waals surface area (Å²) in [4.78, 5) is 10.9. The molecular weight excluding hydrogens is 176 g/mol. The molecule has 0 aromatic heterocycles. The number of allylic oxidation sites excluding steroid dienone is 1. The first-order valence-corrected chi connectivity index (χ1v) is 4.96. The number of carbonyl (C=O) groups excluding carboxylic acids is 1. The molecule has 1 aliphatic rings. The first-order chi connectivity index (χ1) is 6.47. The van der Waals surface area contributed by atoms with Gasteiger partial charge in [0.15, 0.2) is 0 Å². The Morgan fingerprint density at radius 3 is 2.71 bits per heavy atom. The van der Waals surface area contributed by atoms with Crippen molar-refractivity contribution in [3.63, 3.8) is 0 Å². The van der Waals surface area contributed by atoms with Crippen LogP contribution in [0.15, 0.2) is 24.3 Å². The SMILES string of the molecule is C=C(C)[C@@]1(C)CCC=C[C@@H]1OC(C)=O. The predicted octanol–water partition coefficient (Wildman–Crippen LogP) is 2.85. The third-order valence-corrected chi connectivity index (χ3v) is 3.04. The average Bonchev–Trinajstić information content (AvgIpc) is 2.08. The molecule has 0 aliphatic heterocycles. The summed E-state index contributed by atoms with van der Waals surface area (Å²) < 4.78 is 5.28. The van der Waals surface area contributed by atoms with Crippen LogP contribution < -0.4 is 0 Å². The fourth-order valence-electron chi connectivity index (χ4n) is 1.76. The lowest BCUT2D eigenvalue weighted by molar-refractivity contribution is -0.148. The Bertz CT molecular complexity index is 278. The minimum absolute atomic E-state index is 0.0968. The van der Waals surface area contributed by atoms with Crippen LogP contribution in [0.1, 0.15) is 33.6 Å². The maximum atomic E-state index is 10.9. The highest BCUT2D eigenvalue weighted by Crippen LogP contribution is 2.40.